The Labute approximate surface area is 128 Å². The van der Waals surface area contributed by atoms with Gasteiger partial charge in [-0.15, -0.1) is 11.8 Å². The minimum absolute atomic E-state index is 0.0732. The average molecular weight is 304 g/mol. The lowest BCUT2D eigenvalue weighted by atomic mass is 10.1. The summed E-state index contributed by atoms with van der Waals surface area (Å²) in [6, 6.07) is 7.42. The van der Waals surface area contributed by atoms with Crippen molar-refractivity contribution in [3.05, 3.63) is 46.0 Å². The highest BCUT2D eigenvalue weighted by atomic mass is 32.2. The number of thioether (sulfide) groups is 1. The summed E-state index contributed by atoms with van der Waals surface area (Å²) in [5, 5.41) is 10.1. The Bertz CT molecular complexity index is 685. The summed E-state index contributed by atoms with van der Waals surface area (Å²) < 4.78 is 0.0732. The summed E-state index contributed by atoms with van der Waals surface area (Å²) in [4.78, 5) is 19.1. The molecule has 0 atom stereocenters. The minimum Gasteiger partial charge on any atom is -0.493 e. The molecule has 0 bridgehead atoms. The van der Waals surface area contributed by atoms with E-state index in [1.807, 2.05) is 31.2 Å². The Kier molecular flexibility index (Phi) is 4.42. The first kappa shape index (κ1) is 15.6. The highest BCUT2D eigenvalue weighted by Crippen LogP contribution is 2.28. The van der Waals surface area contributed by atoms with Crippen LogP contribution in [0.15, 0.2) is 29.1 Å². The molecule has 0 saturated heterocycles. The van der Waals surface area contributed by atoms with Gasteiger partial charge in [0.25, 0.3) is 5.56 Å². The number of aromatic hydroxyl groups is 1. The highest BCUT2D eigenvalue weighted by Gasteiger charge is 2.15. The average Bonchev–Trinajstić information content (AvgIpc) is 2.37. The van der Waals surface area contributed by atoms with Crippen molar-refractivity contribution in [3.63, 3.8) is 0 Å². The van der Waals surface area contributed by atoms with E-state index in [0.717, 1.165) is 5.56 Å². The molecule has 1 aromatic heterocycles. The van der Waals surface area contributed by atoms with Crippen LogP contribution in [0.25, 0.3) is 11.1 Å². The molecule has 0 spiro atoms. The lowest BCUT2D eigenvalue weighted by Gasteiger charge is -2.17. The third kappa shape index (κ3) is 4.11. The van der Waals surface area contributed by atoms with Crippen LogP contribution in [0.1, 0.15) is 32.2 Å². The van der Waals surface area contributed by atoms with Crippen molar-refractivity contribution in [2.24, 2.45) is 0 Å². The maximum Gasteiger partial charge on any atom is 0.262 e. The van der Waals surface area contributed by atoms with E-state index in [1.165, 1.54) is 0 Å². The van der Waals surface area contributed by atoms with Gasteiger partial charge in [0.15, 0.2) is 0 Å². The molecule has 0 fully saturated rings. The molecule has 0 amide bonds. The molecule has 5 heteroatoms. The van der Waals surface area contributed by atoms with Gasteiger partial charge in [-0.05, 0) is 12.5 Å². The molecular weight excluding hydrogens is 284 g/mol. The van der Waals surface area contributed by atoms with Gasteiger partial charge in [-0.25, -0.2) is 0 Å². The van der Waals surface area contributed by atoms with Gasteiger partial charge in [0.2, 0.25) is 5.88 Å². The number of H-pyrrole nitrogens is 1. The quantitative estimate of drug-likeness (QED) is 0.911. The van der Waals surface area contributed by atoms with Crippen LogP contribution in [0, 0.1) is 6.92 Å². The van der Waals surface area contributed by atoms with Gasteiger partial charge in [0.1, 0.15) is 11.4 Å². The number of nitrogens with one attached hydrogen (secondary N) is 1. The number of hydrogen-bond acceptors (Lipinski definition) is 4. The maximum atomic E-state index is 12.2. The van der Waals surface area contributed by atoms with E-state index in [1.54, 1.807) is 11.8 Å². The fraction of sp³-hybridized carbons (Fsp3) is 0.375. The Balaban J connectivity index is 2.34. The molecule has 21 heavy (non-hydrogen) atoms. The Hall–Kier alpha value is -1.75. The van der Waals surface area contributed by atoms with Gasteiger partial charge in [0.05, 0.1) is 5.75 Å². The predicted molar refractivity (Wildman–Crippen MR) is 87.7 cm³/mol. The van der Waals surface area contributed by atoms with E-state index >= 15 is 0 Å². The standard InChI is InChI=1S/C16H20N2O2S/c1-10-5-7-11(8-6-10)13-14(19)17-12(18-15(13)20)9-21-16(2,3)4/h5-8H,9H2,1-4H3,(H2,17,18,19,20). The van der Waals surface area contributed by atoms with E-state index < -0.39 is 0 Å². The second-order valence-corrected chi connectivity index (χ2v) is 7.78. The van der Waals surface area contributed by atoms with Crippen molar-refractivity contribution in [1.29, 1.82) is 0 Å². The van der Waals surface area contributed by atoms with E-state index in [0.29, 0.717) is 17.1 Å². The van der Waals surface area contributed by atoms with Crippen LogP contribution in [-0.4, -0.2) is 19.8 Å². The zero-order chi connectivity index (χ0) is 15.6. The summed E-state index contributed by atoms with van der Waals surface area (Å²) in [5.74, 6) is 0.834. The molecule has 2 aromatic rings. The molecule has 0 saturated carbocycles. The number of nitrogens with zero attached hydrogens (tertiary/aromatic N) is 1. The molecule has 0 unspecified atom stereocenters. The van der Waals surface area contributed by atoms with Crippen LogP contribution in [0.3, 0.4) is 0 Å². The maximum absolute atomic E-state index is 12.2. The predicted octanol–water partition coefficient (Wildman–Crippen LogP) is 3.48. The summed E-state index contributed by atoms with van der Waals surface area (Å²) in [6.45, 7) is 8.25. The van der Waals surface area contributed by atoms with Crippen LogP contribution in [0.4, 0.5) is 0 Å². The molecule has 1 heterocycles. The van der Waals surface area contributed by atoms with Crippen LogP contribution in [-0.2, 0) is 5.75 Å². The monoisotopic (exact) mass is 304 g/mol. The third-order valence-electron chi connectivity index (χ3n) is 2.93. The van der Waals surface area contributed by atoms with Crippen LogP contribution in [0.5, 0.6) is 5.88 Å². The normalized spacial score (nSPS) is 11.6. The fourth-order valence-electron chi connectivity index (χ4n) is 1.84. The molecule has 1 aromatic carbocycles. The SMILES string of the molecule is Cc1ccc(-c2c(O)nc(CSC(C)(C)C)[nH]c2=O)cc1. The first-order chi connectivity index (χ1) is 9.76. The van der Waals surface area contributed by atoms with Crippen molar-refractivity contribution < 1.29 is 5.11 Å². The summed E-state index contributed by atoms with van der Waals surface area (Å²) in [6.07, 6.45) is 0. The molecule has 2 rings (SSSR count). The Morgan fingerprint density at radius 2 is 1.86 bits per heavy atom. The van der Waals surface area contributed by atoms with Crippen molar-refractivity contribution in [3.8, 4) is 17.0 Å². The van der Waals surface area contributed by atoms with E-state index in [4.69, 9.17) is 0 Å². The third-order valence-corrected chi connectivity index (χ3v) is 4.22. The van der Waals surface area contributed by atoms with Crippen LogP contribution < -0.4 is 5.56 Å². The van der Waals surface area contributed by atoms with Gasteiger partial charge in [0, 0.05) is 4.75 Å². The number of aromatic nitrogens is 2. The first-order valence-corrected chi connectivity index (χ1v) is 7.78. The van der Waals surface area contributed by atoms with Crippen molar-refractivity contribution >= 4 is 11.8 Å². The molecule has 0 radical (unpaired) electrons. The van der Waals surface area contributed by atoms with Crippen molar-refractivity contribution in [2.45, 2.75) is 38.2 Å². The van der Waals surface area contributed by atoms with Crippen LogP contribution in [0.2, 0.25) is 0 Å². The van der Waals surface area contributed by atoms with Gasteiger partial charge >= 0.3 is 0 Å². The Morgan fingerprint density at radius 3 is 2.38 bits per heavy atom. The smallest absolute Gasteiger partial charge is 0.262 e. The number of aryl methyl sites for hydroxylation is 1. The molecule has 0 aliphatic carbocycles. The first-order valence-electron chi connectivity index (χ1n) is 6.79. The topological polar surface area (TPSA) is 66.0 Å². The number of rotatable bonds is 3. The number of aromatic amines is 1. The van der Waals surface area contributed by atoms with E-state index in [-0.39, 0.29) is 21.7 Å². The van der Waals surface area contributed by atoms with Gasteiger partial charge in [-0.1, -0.05) is 50.6 Å². The molecule has 4 nitrogen and oxygen atoms in total. The Morgan fingerprint density at radius 1 is 1.24 bits per heavy atom. The minimum atomic E-state index is -0.309. The molecule has 0 aliphatic rings. The second kappa shape index (κ2) is 5.93. The number of hydrogen-bond donors (Lipinski definition) is 2. The van der Waals surface area contributed by atoms with Crippen molar-refractivity contribution in [2.75, 3.05) is 0 Å². The lowest BCUT2D eigenvalue weighted by molar-refractivity contribution is 0.451. The zero-order valence-corrected chi connectivity index (χ0v) is 13.5. The van der Waals surface area contributed by atoms with Crippen molar-refractivity contribution in [1.82, 2.24) is 9.97 Å². The largest absolute Gasteiger partial charge is 0.493 e. The molecule has 0 aliphatic heterocycles. The van der Waals surface area contributed by atoms with Gasteiger partial charge < -0.3 is 10.1 Å². The second-order valence-electron chi connectivity index (χ2n) is 5.98. The fourth-order valence-corrected chi connectivity index (χ4v) is 2.55. The van der Waals surface area contributed by atoms with E-state index in [2.05, 4.69) is 30.7 Å². The molecular formula is C16H20N2O2S. The molecule has 2 N–H and O–H groups in total. The molecule has 112 valence electrons. The summed E-state index contributed by atoms with van der Waals surface area (Å²) >= 11 is 1.66. The zero-order valence-electron chi connectivity index (χ0n) is 12.7. The van der Waals surface area contributed by atoms with E-state index in [9.17, 15) is 9.90 Å². The van der Waals surface area contributed by atoms with Crippen LogP contribution >= 0.6 is 11.8 Å². The summed E-state index contributed by atoms with van der Waals surface area (Å²) in [7, 11) is 0. The van der Waals surface area contributed by atoms with Gasteiger partial charge in [-0.3, -0.25) is 4.79 Å². The summed E-state index contributed by atoms with van der Waals surface area (Å²) in [5.41, 5.74) is 1.68. The van der Waals surface area contributed by atoms with Gasteiger partial charge in [-0.2, -0.15) is 4.98 Å². The number of benzene rings is 1. The highest BCUT2D eigenvalue weighted by molar-refractivity contribution is 7.99. The lowest BCUT2D eigenvalue weighted by Crippen LogP contribution is -2.15.